The molecule has 0 radical (unpaired) electrons. The molecule has 0 spiro atoms. The van der Waals surface area contributed by atoms with Crippen LogP contribution in [0.2, 0.25) is 0 Å². The van der Waals surface area contributed by atoms with Gasteiger partial charge in [0.25, 0.3) is 11.5 Å². The van der Waals surface area contributed by atoms with Gasteiger partial charge in [0.15, 0.2) is 0 Å². The molecule has 3 rings (SSSR count). The number of hydrogen-bond donors (Lipinski definition) is 2. The van der Waals surface area contributed by atoms with Crippen LogP contribution in [0.4, 0.5) is 5.82 Å². The maximum absolute atomic E-state index is 13.3. The number of carbonyl (C=O) groups excluding carboxylic acids is 1. The molecule has 0 aliphatic carbocycles. The minimum atomic E-state index is -0.412. The minimum absolute atomic E-state index is 0. The second-order valence-electron chi connectivity index (χ2n) is 6.58. The van der Waals surface area contributed by atoms with Gasteiger partial charge in [-0.3, -0.25) is 14.4 Å². The lowest BCUT2D eigenvalue weighted by Gasteiger charge is -2.14. The number of amides is 1. The number of rotatable bonds is 8. The zero-order valence-electron chi connectivity index (χ0n) is 17.6. The Hall–Kier alpha value is -3.39. The highest BCUT2D eigenvalue weighted by molar-refractivity contribution is 5.96. The Morgan fingerprint density at radius 1 is 1.17 bits per heavy atom. The third-order valence-electron chi connectivity index (χ3n) is 4.68. The predicted octanol–water partition coefficient (Wildman–Crippen LogP) is 3.70. The predicted molar refractivity (Wildman–Crippen MR) is 121 cm³/mol. The average molecular weight is 415 g/mol. The van der Waals surface area contributed by atoms with Gasteiger partial charge in [-0.05, 0) is 50.6 Å². The van der Waals surface area contributed by atoms with Crippen molar-refractivity contribution in [2.45, 2.75) is 27.3 Å². The van der Waals surface area contributed by atoms with Crippen molar-refractivity contribution in [2.75, 3.05) is 25.6 Å². The largest absolute Gasteiger partial charge is 0.497 e. The second-order valence-corrected chi connectivity index (χ2v) is 6.58. The Bertz CT molecular complexity index is 1130. The van der Waals surface area contributed by atoms with Crippen LogP contribution in [0.1, 0.15) is 34.0 Å². The monoisotopic (exact) mass is 414 g/mol. The van der Waals surface area contributed by atoms with E-state index in [1.165, 1.54) is 7.11 Å². The molecule has 162 valence electrons. The number of pyridine rings is 2. The van der Waals surface area contributed by atoms with Gasteiger partial charge in [0.2, 0.25) is 0 Å². The lowest BCUT2D eigenvalue weighted by molar-refractivity contribution is 0.0364. The number of carbonyl (C=O) groups is 1. The maximum Gasteiger partial charge on any atom is 0.274 e. The van der Waals surface area contributed by atoms with E-state index in [0.29, 0.717) is 35.6 Å². The highest BCUT2D eigenvalue weighted by atomic mass is 16.6. The van der Waals surface area contributed by atoms with E-state index in [0.717, 1.165) is 23.3 Å². The lowest BCUT2D eigenvalue weighted by Crippen LogP contribution is -2.24. The molecule has 0 fully saturated rings. The van der Waals surface area contributed by atoms with Gasteiger partial charge in [0, 0.05) is 44.7 Å². The molecule has 2 N–H and O–H groups in total. The standard InChI is InChI=1S/C22H26N4O4.2H2/c1-5-23-20-12-19-16(13-24-20)11-18(22(28)26(19)6-2)14-8-15(10-17(9-14)29-4)21(27)25-30-7-3;;/h8-13H,5-7H2,1-4H3,(H,23,24)(H,25,27);2*1H. The summed E-state index contributed by atoms with van der Waals surface area (Å²) in [5.41, 5.74) is 4.40. The molecule has 0 saturated carbocycles. The Morgan fingerprint density at radius 2 is 1.97 bits per heavy atom. The normalized spacial score (nSPS) is 10.8. The summed E-state index contributed by atoms with van der Waals surface area (Å²) in [6, 6.07) is 8.66. The number of aromatic nitrogens is 2. The third-order valence-corrected chi connectivity index (χ3v) is 4.68. The highest BCUT2D eigenvalue weighted by Gasteiger charge is 2.15. The molecule has 0 bridgehead atoms. The number of aryl methyl sites for hydroxylation is 1. The molecule has 1 amide bonds. The van der Waals surface area contributed by atoms with Crippen molar-refractivity contribution in [2.24, 2.45) is 0 Å². The fraction of sp³-hybridized carbons (Fsp3) is 0.318. The first kappa shape index (κ1) is 21.3. The van der Waals surface area contributed by atoms with Crippen molar-refractivity contribution in [3.8, 4) is 16.9 Å². The van der Waals surface area contributed by atoms with Gasteiger partial charge in [0.1, 0.15) is 11.6 Å². The Kier molecular flexibility index (Phi) is 6.68. The Morgan fingerprint density at radius 3 is 2.63 bits per heavy atom. The SMILES string of the molecule is CCNc1cc2c(cn1)cc(-c1cc(OC)cc(C(=O)NOCC)c1)c(=O)n2CC.[HH].[HH]. The highest BCUT2D eigenvalue weighted by Crippen LogP contribution is 2.27. The van der Waals surface area contributed by atoms with Crippen LogP contribution in [0.5, 0.6) is 5.75 Å². The molecule has 2 aromatic heterocycles. The molecule has 30 heavy (non-hydrogen) atoms. The van der Waals surface area contributed by atoms with E-state index in [9.17, 15) is 9.59 Å². The maximum atomic E-state index is 13.3. The smallest absolute Gasteiger partial charge is 0.274 e. The number of benzene rings is 1. The van der Waals surface area contributed by atoms with Crippen LogP contribution in [0.15, 0.2) is 41.3 Å². The quantitative estimate of drug-likeness (QED) is 0.546. The third kappa shape index (κ3) is 4.28. The number of nitrogens with zero attached hydrogens (tertiary/aromatic N) is 2. The molecule has 0 atom stereocenters. The lowest BCUT2D eigenvalue weighted by atomic mass is 10.0. The van der Waals surface area contributed by atoms with Crippen LogP contribution in [0.3, 0.4) is 0 Å². The van der Waals surface area contributed by atoms with E-state index < -0.39 is 5.91 Å². The van der Waals surface area contributed by atoms with Crippen LogP contribution in [0.25, 0.3) is 22.0 Å². The van der Waals surface area contributed by atoms with Gasteiger partial charge >= 0.3 is 0 Å². The van der Waals surface area contributed by atoms with Gasteiger partial charge in [-0.1, -0.05) is 0 Å². The van der Waals surface area contributed by atoms with Gasteiger partial charge in [-0.25, -0.2) is 10.5 Å². The van der Waals surface area contributed by atoms with Gasteiger partial charge in [-0.15, -0.1) is 0 Å². The molecular formula is C22H30N4O4. The summed E-state index contributed by atoms with van der Waals surface area (Å²) in [4.78, 5) is 35.1. The molecule has 3 aromatic rings. The molecule has 0 aliphatic rings. The summed E-state index contributed by atoms with van der Waals surface area (Å²) < 4.78 is 7.05. The van der Waals surface area contributed by atoms with E-state index >= 15 is 0 Å². The van der Waals surface area contributed by atoms with Gasteiger partial charge < -0.3 is 14.6 Å². The van der Waals surface area contributed by atoms with Gasteiger partial charge in [0.05, 0.1) is 19.2 Å². The molecule has 0 saturated heterocycles. The van der Waals surface area contributed by atoms with Crippen molar-refractivity contribution in [1.82, 2.24) is 15.0 Å². The number of methoxy groups -OCH3 is 1. The van der Waals surface area contributed by atoms with Crippen molar-refractivity contribution in [1.29, 1.82) is 0 Å². The first-order valence-corrected chi connectivity index (χ1v) is 9.91. The molecule has 8 nitrogen and oxygen atoms in total. The van der Waals surface area contributed by atoms with Crippen LogP contribution in [-0.4, -0.2) is 35.7 Å². The minimum Gasteiger partial charge on any atom is -0.497 e. The molecular weight excluding hydrogens is 384 g/mol. The van der Waals surface area contributed by atoms with Crippen molar-refractivity contribution >= 4 is 22.6 Å². The second kappa shape index (κ2) is 9.41. The van der Waals surface area contributed by atoms with E-state index in [1.54, 1.807) is 42.0 Å². The summed E-state index contributed by atoms with van der Waals surface area (Å²) in [5.74, 6) is 0.776. The summed E-state index contributed by atoms with van der Waals surface area (Å²) >= 11 is 0. The van der Waals surface area contributed by atoms with E-state index in [2.05, 4.69) is 15.8 Å². The first-order chi connectivity index (χ1) is 14.5. The molecule has 1 aromatic carbocycles. The first-order valence-electron chi connectivity index (χ1n) is 9.91. The Balaban J connectivity index is 0.00000256. The number of hydrogen-bond acceptors (Lipinski definition) is 6. The van der Waals surface area contributed by atoms with Crippen molar-refractivity contribution < 1.29 is 17.2 Å². The summed E-state index contributed by atoms with van der Waals surface area (Å²) in [5, 5.41) is 4.00. The number of hydroxylamine groups is 1. The van der Waals surface area contributed by atoms with Crippen molar-refractivity contribution in [3.63, 3.8) is 0 Å². The van der Waals surface area contributed by atoms with E-state index in [1.807, 2.05) is 19.9 Å². The zero-order chi connectivity index (χ0) is 21.7. The topological polar surface area (TPSA) is 94.5 Å². The molecule has 0 unspecified atom stereocenters. The summed E-state index contributed by atoms with van der Waals surface area (Å²) in [6.07, 6.45) is 1.74. The molecule has 2 heterocycles. The average Bonchev–Trinajstić information content (AvgIpc) is 2.77. The van der Waals surface area contributed by atoms with Crippen LogP contribution in [0, 0.1) is 0 Å². The molecule has 8 heteroatoms. The number of anilines is 1. The molecule has 0 aliphatic heterocycles. The van der Waals surface area contributed by atoms with Crippen LogP contribution in [-0.2, 0) is 11.4 Å². The zero-order valence-corrected chi connectivity index (χ0v) is 17.6. The van der Waals surface area contributed by atoms with Gasteiger partial charge in [-0.2, -0.15) is 0 Å². The number of nitrogens with one attached hydrogen (secondary N) is 2. The van der Waals surface area contributed by atoms with E-state index in [-0.39, 0.29) is 8.41 Å². The summed E-state index contributed by atoms with van der Waals surface area (Å²) in [7, 11) is 1.51. The van der Waals surface area contributed by atoms with Crippen LogP contribution < -0.4 is 21.1 Å². The fourth-order valence-corrected chi connectivity index (χ4v) is 3.27. The number of fused-ring (bicyclic) bond motifs is 1. The van der Waals surface area contributed by atoms with Crippen LogP contribution >= 0.6 is 0 Å². The summed E-state index contributed by atoms with van der Waals surface area (Å²) in [6.45, 7) is 7.27. The number of ether oxygens (including phenoxy) is 1. The van der Waals surface area contributed by atoms with E-state index in [4.69, 9.17) is 9.57 Å². The fourth-order valence-electron chi connectivity index (χ4n) is 3.27. The Labute approximate surface area is 177 Å². The van der Waals surface area contributed by atoms with Crippen molar-refractivity contribution in [3.05, 3.63) is 52.4 Å².